The Morgan fingerprint density at radius 3 is 2.06 bits per heavy atom. The van der Waals surface area contributed by atoms with E-state index in [0.29, 0.717) is 5.92 Å². The van der Waals surface area contributed by atoms with Crippen molar-refractivity contribution >= 4 is 0 Å². The highest BCUT2D eigenvalue weighted by Crippen LogP contribution is 2.44. The molecule has 0 amide bonds. The topological polar surface area (TPSA) is 17.8 Å². The van der Waals surface area contributed by atoms with E-state index in [1.165, 1.54) is 81.2 Å². The van der Waals surface area contributed by atoms with Crippen LogP contribution < -0.4 is 0 Å². The van der Waals surface area contributed by atoms with E-state index in [9.17, 15) is 0 Å². The van der Waals surface area contributed by atoms with Crippen LogP contribution in [-0.2, 0) is 18.4 Å². The number of aryl methyl sites for hydroxylation is 1. The SMILES string of the molecule is CCCCCCCCCC(c1nccn1CCCC)C(C)(Cc1ccccc1)c1ccccc1. The number of unbranched alkanes of at least 4 members (excludes halogenated alkanes) is 7. The molecule has 2 aromatic carbocycles. The lowest BCUT2D eigenvalue weighted by molar-refractivity contribution is 0.321. The molecule has 2 nitrogen and oxygen atoms in total. The Hall–Kier alpha value is -2.35. The normalized spacial score (nSPS) is 14.1. The molecule has 0 aliphatic carbocycles. The molecule has 0 aliphatic rings. The number of imidazole rings is 1. The summed E-state index contributed by atoms with van der Waals surface area (Å²) in [7, 11) is 0. The predicted octanol–water partition coefficient (Wildman–Crippen LogP) is 9.11. The Morgan fingerprint density at radius 1 is 0.765 bits per heavy atom. The fraction of sp³-hybridized carbons (Fsp3) is 0.531. The van der Waals surface area contributed by atoms with Crippen LogP contribution in [0.15, 0.2) is 73.1 Å². The summed E-state index contributed by atoms with van der Waals surface area (Å²) in [6.45, 7) is 8.12. The van der Waals surface area contributed by atoms with Gasteiger partial charge in [0.15, 0.2) is 0 Å². The second kappa shape index (κ2) is 14.1. The maximum atomic E-state index is 5.01. The second-order valence-electron chi connectivity index (χ2n) is 10.2. The van der Waals surface area contributed by atoms with E-state index in [1.54, 1.807) is 0 Å². The number of nitrogens with zero attached hydrogens (tertiary/aromatic N) is 2. The van der Waals surface area contributed by atoms with Gasteiger partial charge in [0.25, 0.3) is 0 Å². The molecule has 3 rings (SSSR count). The number of hydrogen-bond donors (Lipinski definition) is 0. The molecular weight excluding hydrogens is 412 g/mol. The molecule has 0 radical (unpaired) electrons. The molecule has 0 N–H and O–H groups in total. The smallest absolute Gasteiger partial charge is 0.112 e. The lowest BCUT2D eigenvalue weighted by Gasteiger charge is -2.39. The first-order valence-electron chi connectivity index (χ1n) is 13.8. The monoisotopic (exact) mass is 458 g/mol. The summed E-state index contributed by atoms with van der Waals surface area (Å²) in [6, 6.07) is 22.3. The standard InChI is InChI=1S/C32H46N2/c1-4-6-8-9-10-11-18-23-30(31-33-24-26-34(31)25-7-5-2)32(3,29-21-16-13-17-22-29)27-28-19-14-12-15-20-28/h12-17,19-22,24,26,30H,4-11,18,23,25,27H2,1-3H3. The van der Waals surface area contributed by atoms with Crippen LogP contribution in [0.3, 0.4) is 0 Å². The summed E-state index contributed by atoms with van der Waals surface area (Å²) in [6.07, 6.45) is 18.3. The van der Waals surface area contributed by atoms with E-state index in [-0.39, 0.29) is 5.41 Å². The molecule has 2 atom stereocenters. The van der Waals surface area contributed by atoms with Crippen molar-refractivity contribution in [2.24, 2.45) is 0 Å². The van der Waals surface area contributed by atoms with Gasteiger partial charge in [0.05, 0.1) is 0 Å². The predicted molar refractivity (Wildman–Crippen MR) is 146 cm³/mol. The van der Waals surface area contributed by atoms with Crippen LogP contribution in [-0.4, -0.2) is 9.55 Å². The molecule has 184 valence electrons. The lowest BCUT2D eigenvalue weighted by atomic mass is 9.66. The van der Waals surface area contributed by atoms with Crippen molar-refractivity contribution in [3.63, 3.8) is 0 Å². The summed E-state index contributed by atoms with van der Waals surface area (Å²) >= 11 is 0. The molecule has 3 aromatic rings. The number of rotatable bonds is 16. The molecule has 2 heteroatoms. The Labute approximate surface area is 208 Å². The number of aromatic nitrogens is 2. The van der Waals surface area contributed by atoms with Gasteiger partial charge in [-0.1, -0.05) is 133 Å². The van der Waals surface area contributed by atoms with Crippen molar-refractivity contribution in [2.45, 2.75) is 109 Å². The van der Waals surface area contributed by atoms with Gasteiger partial charge in [0.2, 0.25) is 0 Å². The van der Waals surface area contributed by atoms with E-state index < -0.39 is 0 Å². The quantitative estimate of drug-likeness (QED) is 0.196. The Morgan fingerprint density at radius 2 is 1.38 bits per heavy atom. The van der Waals surface area contributed by atoms with Crippen molar-refractivity contribution < 1.29 is 0 Å². The summed E-state index contributed by atoms with van der Waals surface area (Å²) < 4.78 is 2.45. The summed E-state index contributed by atoms with van der Waals surface area (Å²) in [5.74, 6) is 1.67. The minimum absolute atomic E-state index is 0.0137. The van der Waals surface area contributed by atoms with E-state index in [1.807, 2.05) is 6.20 Å². The molecule has 0 fully saturated rings. The first kappa shape index (κ1) is 26.3. The fourth-order valence-electron chi connectivity index (χ4n) is 5.45. The maximum absolute atomic E-state index is 5.01. The molecule has 0 saturated carbocycles. The van der Waals surface area contributed by atoms with Crippen LogP contribution in [0.25, 0.3) is 0 Å². The van der Waals surface area contributed by atoms with Crippen molar-refractivity contribution in [1.82, 2.24) is 9.55 Å². The molecule has 0 saturated heterocycles. The van der Waals surface area contributed by atoms with Crippen molar-refractivity contribution in [2.75, 3.05) is 0 Å². The van der Waals surface area contributed by atoms with Crippen molar-refractivity contribution in [3.05, 3.63) is 90.0 Å². The van der Waals surface area contributed by atoms with Gasteiger partial charge in [-0.2, -0.15) is 0 Å². The van der Waals surface area contributed by atoms with E-state index in [4.69, 9.17) is 4.98 Å². The third-order valence-electron chi connectivity index (χ3n) is 7.52. The van der Waals surface area contributed by atoms with Crippen LogP contribution in [0.5, 0.6) is 0 Å². The van der Waals surface area contributed by atoms with Gasteiger partial charge in [-0.15, -0.1) is 0 Å². The molecule has 1 heterocycles. The summed E-state index contributed by atoms with van der Waals surface area (Å²) in [5.41, 5.74) is 2.82. The maximum Gasteiger partial charge on any atom is 0.112 e. The largest absolute Gasteiger partial charge is 0.335 e. The van der Waals surface area contributed by atoms with Crippen LogP contribution >= 0.6 is 0 Å². The van der Waals surface area contributed by atoms with Gasteiger partial charge in [-0.25, -0.2) is 4.98 Å². The zero-order valence-corrected chi connectivity index (χ0v) is 21.9. The Kier molecular flexibility index (Phi) is 10.9. The first-order valence-corrected chi connectivity index (χ1v) is 13.8. The van der Waals surface area contributed by atoms with Gasteiger partial charge >= 0.3 is 0 Å². The molecule has 2 unspecified atom stereocenters. The molecular formula is C32H46N2. The molecule has 34 heavy (non-hydrogen) atoms. The fourth-order valence-corrected chi connectivity index (χ4v) is 5.45. The highest BCUT2D eigenvalue weighted by atomic mass is 15.1. The third-order valence-corrected chi connectivity index (χ3v) is 7.52. The van der Waals surface area contributed by atoms with E-state index in [2.05, 4.69) is 92.2 Å². The third kappa shape index (κ3) is 7.32. The highest BCUT2D eigenvalue weighted by Gasteiger charge is 2.39. The zero-order valence-electron chi connectivity index (χ0n) is 21.9. The van der Waals surface area contributed by atoms with Crippen molar-refractivity contribution in [3.8, 4) is 0 Å². The van der Waals surface area contributed by atoms with Crippen LogP contribution in [0, 0.1) is 0 Å². The lowest BCUT2D eigenvalue weighted by Crippen LogP contribution is -2.35. The van der Waals surface area contributed by atoms with Gasteiger partial charge in [0.1, 0.15) is 5.82 Å². The molecule has 0 aliphatic heterocycles. The number of benzene rings is 2. The second-order valence-corrected chi connectivity index (χ2v) is 10.2. The minimum Gasteiger partial charge on any atom is -0.335 e. The molecule has 0 spiro atoms. The van der Waals surface area contributed by atoms with Gasteiger partial charge in [0, 0.05) is 30.3 Å². The Bertz CT molecular complexity index is 914. The minimum atomic E-state index is -0.0137. The van der Waals surface area contributed by atoms with Crippen LogP contribution in [0.2, 0.25) is 0 Å². The molecule has 1 aromatic heterocycles. The average Bonchev–Trinajstić information content (AvgIpc) is 3.33. The van der Waals surface area contributed by atoms with Gasteiger partial charge in [-0.3, -0.25) is 0 Å². The van der Waals surface area contributed by atoms with Gasteiger partial charge < -0.3 is 4.57 Å². The van der Waals surface area contributed by atoms with E-state index >= 15 is 0 Å². The van der Waals surface area contributed by atoms with Gasteiger partial charge in [-0.05, 0) is 30.4 Å². The Balaban J connectivity index is 1.90. The van der Waals surface area contributed by atoms with Crippen LogP contribution in [0.1, 0.15) is 108 Å². The summed E-state index contributed by atoms with van der Waals surface area (Å²) in [4.78, 5) is 5.01. The molecule has 0 bridgehead atoms. The number of hydrogen-bond acceptors (Lipinski definition) is 1. The van der Waals surface area contributed by atoms with Crippen LogP contribution in [0.4, 0.5) is 0 Å². The highest BCUT2D eigenvalue weighted by molar-refractivity contribution is 5.33. The average molecular weight is 459 g/mol. The van der Waals surface area contributed by atoms with Crippen molar-refractivity contribution in [1.29, 1.82) is 0 Å². The summed E-state index contributed by atoms with van der Waals surface area (Å²) in [5, 5.41) is 0. The zero-order chi connectivity index (χ0) is 24.1. The first-order chi connectivity index (χ1) is 16.7. The van der Waals surface area contributed by atoms with E-state index in [0.717, 1.165) is 13.0 Å².